The van der Waals surface area contributed by atoms with Crippen LogP contribution in [0, 0.1) is 0 Å². The summed E-state index contributed by atoms with van der Waals surface area (Å²) in [5.41, 5.74) is 8.33. The Balaban J connectivity index is 1.73. The Hall–Kier alpha value is -0.900. The molecule has 0 saturated carbocycles. The van der Waals surface area contributed by atoms with Gasteiger partial charge in [-0.2, -0.15) is 0 Å². The Labute approximate surface area is 129 Å². The van der Waals surface area contributed by atoms with Crippen LogP contribution in [-0.2, 0) is 11.3 Å². The van der Waals surface area contributed by atoms with Crippen LogP contribution in [0.4, 0.5) is 0 Å². The van der Waals surface area contributed by atoms with E-state index >= 15 is 0 Å². The highest BCUT2D eigenvalue weighted by Crippen LogP contribution is 2.18. The van der Waals surface area contributed by atoms with E-state index in [1.54, 1.807) is 0 Å². The van der Waals surface area contributed by atoms with Gasteiger partial charge in [-0.1, -0.05) is 38.1 Å². The SMILES string of the molecule is CC(C)c1ccc(CN2CCC(OCCCN)CC2)cc1. The Kier molecular flexibility index (Phi) is 6.68. The number of ether oxygens (including phenoxy) is 1. The van der Waals surface area contributed by atoms with E-state index in [-0.39, 0.29) is 0 Å². The minimum Gasteiger partial charge on any atom is -0.378 e. The summed E-state index contributed by atoms with van der Waals surface area (Å²) in [5.74, 6) is 0.612. The van der Waals surface area contributed by atoms with E-state index in [0.717, 1.165) is 52.0 Å². The van der Waals surface area contributed by atoms with Crippen molar-refractivity contribution in [3.05, 3.63) is 35.4 Å². The maximum absolute atomic E-state index is 5.86. The van der Waals surface area contributed by atoms with Crippen LogP contribution in [-0.4, -0.2) is 37.2 Å². The van der Waals surface area contributed by atoms with Crippen LogP contribution in [0.5, 0.6) is 0 Å². The van der Waals surface area contributed by atoms with Crippen molar-refractivity contribution in [3.63, 3.8) is 0 Å². The molecule has 1 saturated heterocycles. The fraction of sp³-hybridized carbons (Fsp3) is 0.667. The predicted molar refractivity (Wildman–Crippen MR) is 88.5 cm³/mol. The molecule has 0 amide bonds. The van der Waals surface area contributed by atoms with Crippen LogP contribution in [0.3, 0.4) is 0 Å². The molecular formula is C18H30N2O. The Morgan fingerprint density at radius 3 is 2.43 bits per heavy atom. The number of rotatable bonds is 7. The molecule has 0 spiro atoms. The van der Waals surface area contributed by atoms with Gasteiger partial charge in [0.1, 0.15) is 0 Å². The average Bonchev–Trinajstić information content (AvgIpc) is 2.50. The molecule has 1 aliphatic rings. The fourth-order valence-corrected chi connectivity index (χ4v) is 2.83. The zero-order valence-electron chi connectivity index (χ0n) is 13.6. The van der Waals surface area contributed by atoms with Gasteiger partial charge in [0.25, 0.3) is 0 Å². The van der Waals surface area contributed by atoms with Crippen molar-refractivity contribution in [3.8, 4) is 0 Å². The molecule has 0 aromatic heterocycles. The third-order valence-electron chi connectivity index (χ3n) is 4.29. The second kappa shape index (κ2) is 8.52. The van der Waals surface area contributed by atoms with Crippen molar-refractivity contribution in [2.24, 2.45) is 5.73 Å². The lowest BCUT2D eigenvalue weighted by Crippen LogP contribution is -2.36. The molecule has 1 heterocycles. The van der Waals surface area contributed by atoms with Gasteiger partial charge in [-0.05, 0) is 42.9 Å². The summed E-state index contributed by atoms with van der Waals surface area (Å²) in [4.78, 5) is 2.53. The Bertz CT molecular complexity index is 394. The van der Waals surface area contributed by atoms with Gasteiger partial charge in [0.15, 0.2) is 0 Å². The summed E-state index contributed by atoms with van der Waals surface area (Å²) in [6.07, 6.45) is 3.71. The van der Waals surface area contributed by atoms with Gasteiger partial charge in [-0.15, -0.1) is 0 Å². The van der Waals surface area contributed by atoms with Gasteiger partial charge in [0.2, 0.25) is 0 Å². The molecule has 3 heteroatoms. The van der Waals surface area contributed by atoms with Crippen LogP contribution in [0.15, 0.2) is 24.3 Å². The zero-order chi connectivity index (χ0) is 15.1. The largest absolute Gasteiger partial charge is 0.378 e. The second-order valence-corrected chi connectivity index (χ2v) is 6.38. The number of piperidine rings is 1. The molecule has 3 nitrogen and oxygen atoms in total. The van der Waals surface area contributed by atoms with Gasteiger partial charge in [0, 0.05) is 26.2 Å². The third-order valence-corrected chi connectivity index (χ3v) is 4.29. The first-order valence-corrected chi connectivity index (χ1v) is 8.32. The Morgan fingerprint density at radius 2 is 1.86 bits per heavy atom. The van der Waals surface area contributed by atoms with Crippen molar-refractivity contribution in [1.82, 2.24) is 4.90 Å². The molecule has 1 aliphatic heterocycles. The molecule has 21 heavy (non-hydrogen) atoms. The maximum Gasteiger partial charge on any atom is 0.0599 e. The van der Waals surface area contributed by atoms with Crippen molar-refractivity contribution in [2.45, 2.75) is 51.7 Å². The molecule has 0 radical (unpaired) electrons. The standard InChI is InChI=1S/C18H30N2O/c1-15(2)17-6-4-16(5-7-17)14-20-11-8-18(9-12-20)21-13-3-10-19/h4-7,15,18H,3,8-14,19H2,1-2H3. The molecule has 0 unspecified atom stereocenters. The van der Waals surface area contributed by atoms with Crippen LogP contribution < -0.4 is 5.73 Å². The maximum atomic E-state index is 5.86. The third kappa shape index (κ3) is 5.42. The number of hydrogen-bond acceptors (Lipinski definition) is 3. The smallest absolute Gasteiger partial charge is 0.0599 e. The summed E-state index contributed by atoms with van der Waals surface area (Å²) >= 11 is 0. The molecule has 0 aliphatic carbocycles. The summed E-state index contributed by atoms with van der Waals surface area (Å²) < 4.78 is 5.86. The monoisotopic (exact) mass is 290 g/mol. The zero-order valence-corrected chi connectivity index (χ0v) is 13.6. The molecular weight excluding hydrogens is 260 g/mol. The van der Waals surface area contributed by atoms with E-state index < -0.39 is 0 Å². The lowest BCUT2D eigenvalue weighted by Gasteiger charge is -2.32. The summed E-state index contributed by atoms with van der Waals surface area (Å²) in [6.45, 7) is 9.37. The first-order chi connectivity index (χ1) is 10.2. The summed E-state index contributed by atoms with van der Waals surface area (Å²) in [6, 6.07) is 9.09. The van der Waals surface area contributed by atoms with Crippen LogP contribution in [0.25, 0.3) is 0 Å². The van der Waals surface area contributed by atoms with Crippen LogP contribution in [0.1, 0.15) is 50.2 Å². The van der Waals surface area contributed by atoms with E-state index in [9.17, 15) is 0 Å². The number of likely N-dealkylation sites (tertiary alicyclic amines) is 1. The highest BCUT2D eigenvalue weighted by molar-refractivity contribution is 5.24. The van der Waals surface area contributed by atoms with Crippen molar-refractivity contribution >= 4 is 0 Å². The predicted octanol–water partition coefficient (Wildman–Crippen LogP) is 3.14. The van der Waals surface area contributed by atoms with E-state index in [1.807, 2.05) is 0 Å². The summed E-state index contributed by atoms with van der Waals surface area (Å²) in [7, 11) is 0. The van der Waals surface area contributed by atoms with E-state index in [2.05, 4.69) is 43.0 Å². The molecule has 118 valence electrons. The molecule has 2 rings (SSSR count). The topological polar surface area (TPSA) is 38.5 Å². The fourth-order valence-electron chi connectivity index (χ4n) is 2.83. The normalized spacial score (nSPS) is 17.5. The quantitative estimate of drug-likeness (QED) is 0.784. The second-order valence-electron chi connectivity index (χ2n) is 6.38. The van der Waals surface area contributed by atoms with E-state index in [0.29, 0.717) is 12.0 Å². The van der Waals surface area contributed by atoms with Crippen LogP contribution in [0.2, 0.25) is 0 Å². The highest BCUT2D eigenvalue weighted by atomic mass is 16.5. The molecule has 2 N–H and O–H groups in total. The van der Waals surface area contributed by atoms with Crippen molar-refractivity contribution in [2.75, 3.05) is 26.2 Å². The molecule has 0 atom stereocenters. The van der Waals surface area contributed by atoms with Crippen molar-refractivity contribution in [1.29, 1.82) is 0 Å². The highest BCUT2D eigenvalue weighted by Gasteiger charge is 2.19. The molecule has 1 aromatic carbocycles. The first-order valence-electron chi connectivity index (χ1n) is 8.32. The average molecular weight is 290 g/mol. The number of nitrogens with two attached hydrogens (primary N) is 1. The minimum atomic E-state index is 0.441. The van der Waals surface area contributed by atoms with Crippen LogP contribution >= 0.6 is 0 Å². The number of benzene rings is 1. The van der Waals surface area contributed by atoms with Gasteiger partial charge in [-0.25, -0.2) is 0 Å². The Morgan fingerprint density at radius 1 is 1.19 bits per heavy atom. The summed E-state index contributed by atoms with van der Waals surface area (Å²) in [5, 5.41) is 0. The number of hydrogen-bond donors (Lipinski definition) is 1. The number of nitrogens with zero attached hydrogens (tertiary/aromatic N) is 1. The molecule has 0 bridgehead atoms. The molecule has 1 aromatic rings. The first kappa shape index (κ1) is 16.5. The van der Waals surface area contributed by atoms with Gasteiger partial charge >= 0.3 is 0 Å². The van der Waals surface area contributed by atoms with Gasteiger partial charge < -0.3 is 10.5 Å². The lowest BCUT2D eigenvalue weighted by molar-refractivity contribution is 0.00563. The minimum absolute atomic E-state index is 0.441. The lowest BCUT2D eigenvalue weighted by atomic mass is 10.0. The van der Waals surface area contributed by atoms with E-state index in [1.165, 1.54) is 11.1 Å². The molecule has 1 fully saturated rings. The van der Waals surface area contributed by atoms with Crippen molar-refractivity contribution < 1.29 is 4.74 Å². The van der Waals surface area contributed by atoms with Gasteiger partial charge in [0.05, 0.1) is 6.10 Å². The van der Waals surface area contributed by atoms with E-state index in [4.69, 9.17) is 10.5 Å². The van der Waals surface area contributed by atoms with Gasteiger partial charge in [-0.3, -0.25) is 4.90 Å².